The molecule has 9 heavy (non-hydrogen) atoms. The maximum absolute atomic E-state index is 7.59. The largest absolute Gasteiger partial charge is 0.185 e. The van der Waals surface area contributed by atoms with Crippen molar-refractivity contribution in [1.29, 1.82) is 5.26 Å². The minimum absolute atomic E-state index is 1.16. The van der Waals surface area contributed by atoms with Crippen molar-refractivity contribution in [3.8, 4) is 5.40 Å². The van der Waals surface area contributed by atoms with Gasteiger partial charge in [0.15, 0.2) is 0 Å². The molecule has 1 nitrogen and oxygen atoms in total. The van der Waals surface area contributed by atoms with Gasteiger partial charge in [-0.05, 0) is 42.4 Å². The summed E-state index contributed by atoms with van der Waals surface area (Å²) in [5.41, 5.74) is 0. The Morgan fingerprint density at radius 3 is 2.00 bits per heavy atom. The molecule has 1 saturated heterocycles. The summed E-state index contributed by atoms with van der Waals surface area (Å²) in [6.45, 7) is 0. The topological polar surface area (TPSA) is 23.8 Å². The lowest BCUT2D eigenvalue weighted by Gasteiger charge is -1.69. The van der Waals surface area contributed by atoms with Crippen LogP contribution in [0.2, 0.25) is 0 Å². The highest BCUT2D eigenvalue weighted by Crippen LogP contribution is 2.14. The van der Waals surface area contributed by atoms with E-state index >= 15 is 0 Å². The highest BCUT2D eigenvalue weighted by Gasteiger charge is 1.95. The zero-order chi connectivity index (χ0) is 6.95. The predicted molar refractivity (Wildman–Crippen MR) is 45.7 cm³/mol. The van der Waals surface area contributed by atoms with Crippen molar-refractivity contribution in [2.75, 3.05) is 17.8 Å². The van der Waals surface area contributed by atoms with Crippen LogP contribution >= 0.6 is 23.5 Å². The molecule has 0 aliphatic carbocycles. The standard InChI is InChI=1S/C4H8S.C2H3NS/c1-2-4-5-3-1;1-4-2-3/h1-4H2;1H3. The van der Waals surface area contributed by atoms with Crippen molar-refractivity contribution in [2.24, 2.45) is 0 Å². The first kappa shape index (κ1) is 9.19. The van der Waals surface area contributed by atoms with Crippen LogP contribution in [-0.4, -0.2) is 17.8 Å². The van der Waals surface area contributed by atoms with Gasteiger partial charge in [0.1, 0.15) is 5.40 Å². The van der Waals surface area contributed by atoms with Gasteiger partial charge in [-0.3, -0.25) is 0 Å². The minimum atomic E-state index is 1.16. The van der Waals surface area contributed by atoms with Gasteiger partial charge in [0, 0.05) is 0 Å². The highest BCUT2D eigenvalue weighted by atomic mass is 32.2. The lowest BCUT2D eigenvalue weighted by atomic mass is 10.4. The third-order valence-electron chi connectivity index (χ3n) is 0.919. The Bertz CT molecular complexity index is 75.9. The minimum Gasteiger partial charge on any atom is -0.185 e. The fourth-order valence-electron chi connectivity index (χ4n) is 0.510. The summed E-state index contributed by atoms with van der Waals surface area (Å²) < 4.78 is 0. The Morgan fingerprint density at radius 2 is 1.89 bits per heavy atom. The fraction of sp³-hybridized carbons (Fsp3) is 0.833. The van der Waals surface area contributed by atoms with Gasteiger partial charge in [-0.15, -0.1) is 0 Å². The van der Waals surface area contributed by atoms with E-state index in [9.17, 15) is 0 Å². The van der Waals surface area contributed by atoms with Crippen molar-refractivity contribution in [3.63, 3.8) is 0 Å². The molecular formula is C6H11NS2. The number of hydrogen-bond donors (Lipinski definition) is 0. The molecule has 1 aliphatic heterocycles. The molecule has 52 valence electrons. The van der Waals surface area contributed by atoms with E-state index in [1.54, 1.807) is 6.26 Å². The van der Waals surface area contributed by atoms with Crippen LogP contribution in [0.4, 0.5) is 0 Å². The average molecular weight is 161 g/mol. The van der Waals surface area contributed by atoms with Gasteiger partial charge in [-0.1, -0.05) is 0 Å². The zero-order valence-electron chi connectivity index (χ0n) is 5.59. The van der Waals surface area contributed by atoms with E-state index in [1.165, 1.54) is 24.3 Å². The molecule has 1 aliphatic rings. The van der Waals surface area contributed by atoms with Crippen LogP contribution in [0, 0.1) is 10.7 Å². The quantitative estimate of drug-likeness (QED) is 0.510. The fourth-order valence-corrected chi connectivity index (χ4v) is 1.53. The Kier molecular flexibility index (Phi) is 8.36. The molecule has 0 atom stereocenters. The molecule has 1 fully saturated rings. The zero-order valence-corrected chi connectivity index (χ0v) is 7.23. The third-order valence-corrected chi connectivity index (χ3v) is 2.26. The number of thioether (sulfide) groups is 2. The summed E-state index contributed by atoms with van der Waals surface area (Å²) >= 11 is 3.24. The number of nitriles is 1. The van der Waals surface area contributed by atoms with Crippen LogP contribution in [-0.2, 0) is 0 Å². The Balaban J connectivity index is 0.000000148. The number of nitrogens with zero attached hydrogens (tertiary/aromatic N) is 1. The molecule has 1 rings (SSSR count). The van der Waals surface area contributed by atoms with E-state index in [1.807, 2.05) is 5.40 Å². The van der Waals surface area contributed by atoms with E-state index in [4.69, 9.17) is 5.26 Å². The molecule has 3 heteroatoms. The van der Waals surface area contributed by atoms with Crippen LogP contribution in [0.3, 0.4) is 0 Å². The number of rotatable bonds is 0. The van der Waals surface area contributed by atoms with Crippen molar-refractivity contribution in [2.45, 2.75) is 12.8 Å². The van der Waals surface area contributed by atoms with Crippen LogP contribution < -0.4 is 0 Å². The van der Waals surface area contributed by atoms with Crippen LogP contribution in [0.25, 0.3) is 0 Å². The lowest BCUT2D eigenvalue weighted by Crippen LogP contribution is -1.58. The van der Waals surface area contributed by atoms with Gasteiger partial charge in [0.2, 0.25) is 0 Å². The van der Waals surface area contributed by atoms with E-state index in [0.29, 0.717) is 0 Å². The van der Waals surface area contributed by atoms with Crippen LogP contribution in [0.15, 0.2) is 0 Å². The first-order valence-corrected chi connectivity index (χ1v) is 5.29. The van der Waals surface area contributed by atoms with E-state index in [2.05, 4.69) is 11.8 Å². The van der Waals surface area contributed by atoms with Crippen molar-refractivity contribution in [1.82, 2.24) is 0 Å². The molecule has 0 unspecified atom stereocenters. The van der Waals surface area contributed by atoms with Gasteiger partial charge in [-0.2, -0.15) is 17.0 Å². The second kappa shape index (κ2) is 8.19. The highest BCUT2D eigenvalue weighted by molar-refractivity contribution is 8.03. The molecule has 1 heterocycles. The Hall–Kier alpha value is 0.190. The summed E-state index contributed by atoms with van der Waals surface area (Å²) in [6.07, 6.45) is 4.66. The maximum Gasteiger partial charge on any atom is 0.133 e. The van der Waals surface area contributed by atoms with Gasteiger partial charge >= 0.3 is 0 Å². The van der Waals surface area contributed by atoms with Crippen molar-refractivity contribution < 1.29 is 0 Å². The second-order valence-electron chi connectivity index (χ2n) is 1.61. The average Bonchev–Trinajstić information content (AvgIpc) is 2.43. The normalized spacial score (nSPS) is 15.6. The third kappa shape index (κ3) is 8.19. The summed E-state index contributed by atoms with van der Waals surface area (Å²) in [6, 6.07) is 0. The predicted octanol–water partition coefficient (Wildman–Crippen LogP) is 2.34. The summed E-state index contributed by atoms with van der Waals surface area (Å²) in [5.74, 6) is 2.83. The van der Waals surface area contributed by atoms with Crippen molar-refractivity contribution >= 4 is 23.5 Å². The molecule has 0 aromatic heterocycles. The Labute approximate surface area is 65.2 Å². The summed E-state index contributed by atoms with van der Waals surface area (Å²) in [7, 11) is 0. The van der Waals surface area contributed by atoms with E-state index in [-0.39, 0.29) is 0 Å². The molecule has 0 radical (unpaired) electrons. The molecule has 0 bridgehead atoms. The smallest absolute Gasteiger partial charge is 0.133 e. The number of hydrogen-bond acceptors (Lipinski definition) is 3. The second-order valence-corrected chi connectivity index (χ2v) is 3.43. The van der Waals surface area contributed by atoms with Gasteiger partial charge in [0.25, 0.3) is 0 Å². The molecular weight excluding hydrogens is 150 g/mol. The Morgan fingerprint density at radius 1 is 1.44 bits per heavy atom. The molecule has 0 saturated carbocycles. The monoisotopic (exact) mass is 161 g/mol. The molecule has 0 amide bonds. The SMILES string of the molecule is C1CCSC1.CSC#N. The van der Waals surface area contributed by atoms with Gasteiger partial charge in [-0.25, -0.2) is 0 Å². The molecule has 0 N–H and O–H groups in total. The van der Waals surface area contributed by atoms with Crippen LogP contribution in [0.5, 0.6) is 0 Å². The van der Waals surface area contributed by atoms with Crippen LogP contribution in [0.1, 0.15) is 12.8 Å². The lowest BCUT2D eigenvalue weighted by molar-refractivity contribution is 0.949. The first-order chi connectivity index (χ1) is 4.41. The first-order valence-electron chi connectivity index (χ1n) is 2.91. The molecule has 0 spiro atoms. The van der Waals surface area contributed by atoms with E-state index < -0.39 is 0 Å². The number of thiocyanates is 1. The van der Waals surface area contributed by atoms with Gasteiger partial charge in [0.05, 0.1) is 0 Å². The van der Waals surface area contributed by atoms with Crippen molar-refractivity contribution in [3.05, 3.63) is 0 Å². The molecule has 0 aromatic rings. The molecule has 0 aromatic carbocycles. The summed E-state index contributed by atoms with van der Waals surface area (Å²) in [4.78, 5) is 0. The maximum atomic E-state index is 7.59. The van der Waals surface area contributed by atoms with E-state index in [0.717, 1.165) is 11.8 Å². The summed E-state index contributed by atoms with van der Waals surface area (Å²) in [5, 5.41) is 9.44. The van der Waals surface area contributed by atoms with Gasteiger partial charge < -0.3 is 0 Å².